The van der Waals surface area contributed by atoms with Gasteiger partial charge in [0.05, 0.1) is 23.7 Å². The van der Waals surface area contributed by atoms with Crippen molar-refractivity contribution in [1.29, 1.82) is 0 Å². The van der Waals surface area contributed by atoms with E-state index in [0.29, 0.717) is 11.4 Å². The van der Waals surface area contributed by atoms with Crippen LogP contribution in [0, 0.1) is 0 Å². The molecular formula is C12H13N3O3. The monoisotopic (exact) mass is 247 g/mol. The maximum atomic E-state index is 10.6. The van der Waals surface area contributed by atoms with Crippen LogP contribution in [0.2, 0.25) is 0 Å². The zero-order valence-corrected chi connectivity index (χ0v) is 9.91. The van der Waals surface area contributed by atoms with Crippen LogP contribution in [0.3, 0.4) is 0 Å². The molecule has 0 saturated heterocycles. The summed E-state index contributed by atoms with van der Waals surface area (Å²) >= 11 is 0. The molecule has 0 aliphatic carbocycles. The lowest BCUT2D eigenvalue weighted by atomic mass is 10.2. The molecule has 94 valence electrons. The van der Waals surface area contributed by atoms with E-state index in [-0.39, 0.29) is 12.2 Å². The van der Waals surface area contributed by atoms with E-state index in [1.54, 1.807) is 23.1 Å². The third-order valence-corrected chi connectivity index (χ3v) is 2.39. The van der Waals surface area contributed by atoms with Gasteiger partial charge in [0, 0.05) is 12.7 Å². The summed E-state index contributed by atoms with van der Waals surface area (Å²) in [6.45, 7) is 3.06. The van der Waals surface area contributed by atoms with E-state index in [9.17, 15) is 4.79 Å². The fraction of sp³-hybridized carbons (Fsp3) is 0.250. The number of hydrogen-bond donors (Lipinski definition) is 1. The van der Waals surface area contributed by atoms with E-state index in [0.717, 1.165) is 6.54 Å². The molecule has 0 radical (unpaired) electrons. The third-order valence-electron chi connectivity index (χ3n) is 2.39. The summed E-state index contributed by atoms with van der Waals surface area (Å²) in [4.78, 5) is 14.7. The smallest absolute Gasteiger partial charge is 0.337 e. The first kappa shape index (κ1) is 12.1. The Balaban J connectivity index is 1.95. The van der Waals surface area contributed by atoms with Gasteiger partial charge in [-0.15, -0.1) is 0 Å². The van der Waals surface area contributed by atoms with Crippen LogP contribution in [-0.2, 0) is 13.2 Å². The first-order valence-electron chi connectivity index (χ1n) is 5.52. The first-order valence-corrected chi connectivity index (χ1v) is 5.52. The van der Waals surface area contributed by atoms with Gasteiger partial charge in [0.25, 0.3) is 0 Å². The van der Waals surface area contributed by atoms with Crippen molar-refractivity contribution >= 4 is 5.97 Å². The topological polar surface area (TPSA) is 77.2 Å². The van der Waals surface area contributed by atoms with Gasteiger partial charge in [-0.1, -0.05) is 0 Å². The molecule has 6 heteroatoms. The number of hydrogen-bond acceptors (Lipinski definition) is 4. The molecule has 0 unspecified atom stereocenters. The summed E-state index contributed by atoms with van der Waals surface area (Å²) in [7, 11) is 0. The summed E-state index contributed by atoms with van der Waals surface area (Å²) in [5, 5.41) is 12.8. The zero-order chi connectivity index (χ0) is 13.0. The van der Waals surface area contributed by atoms with E-state index < -0.39 is 5.97 Å². The van der Waals surface area contributed by atoms with Crippen molar-refractivity contribution in [3.63, 3.8) is 0 Å². The minimum Gasteiger partial charge on any atom is -0.484 e. The largest absolute Gasteiger partial charge is 0.484 e. The first-order chi connectivity index (χ1) is 8.69. The number of aromatic carboxylic acids is 1. The van der Waals surface area contributed by atoms with Crippen LogP contribution in [-0.4, -0.2) is 25.8 Å². The highest BCUT2D eigenvalue weighted by Crippen LogP contribution is 2.10. The van der Waals surface area contributed by atoms with Crippen LogP contribution in [0.25, 0.3) is 0 Å². The Morgan fingerprint density at radius 1 is 1.44 bits per heavy atom. The van der Waals surface area contributed by atoms with E-state index >= 15 is 0 Å². The molecule has 0 amide bonds. The predicted molar refractivity (Wildman–Crippen MR) is 63.4 cm³/mol. The number of pyridine rings is 1. The minimum absolute atomic E-state index is 0.164. The number of carboxylic acids is 1. The average molecular weight is 247 g/mol. The molecule has 0 aromatic carbocycles. The molecule has 2 rings (SSSR count). The van der Waals surface area contributed by atoms with Crippen molar-refractivity contribution in [2.75, 3.05) is 0 Å². The summed E-state index contributed by atoms with van der Waals surface area (Å²) in [5.41, 5.74) is 0.835. The lowest BCUT2D eigenvalue weighted by Crippen LogP contribution is -2.01. The van der Waals surface area contributed by atoms with E-state index in [4.69, 9.17) is 9.84 Å². The van der Waals surface area contributed by atoms with Crippen molar-refractivity contribution in [2.45, 2.75) is 20.1 Å². The summed E-state index contributed by atoms with van der Waals surface area (Å²) in [5.74, 6) is -0.319. The van der Waals surface area contributed by atoms with E-state index in [2.05, 4.69) is 10.1 Å². The average Bonchev–Trinajstić information content (AvgIpc) is 2.85. The second kappa shape index (κ2) is 5.31. The van der Waals surface area contributed by atoms with Crippen LogP contribution in [0.1, 0.15) is 23.0 Å². The fourth-order valence-electron chi connectivity index (χ4n) is 1.39. The van der Waals surface area contributed by atoms with Crippen LogP contribution in [0.5, 0.6) is 5.75 Å². The molecule has 0 spiro atoms. The lowest BCUT2D eigenvalue weighted by Gasteiger charge is -2.02. The Hall–Kier alpha value is -2.37. The van der Waals surface area contributed by atoms with Crippen LogP contribution in [0.4, 0.5) is 0 Å². The van der Waals surface area contributed by atoms with Crippen molar-refractivity contribution in [3.05, 3.63) is 42.0 Å². The predicted octanol–water partition coefficient (Wildman–Crippen LogP) is 1.58. The second-order valence-corrected chi connectivity index (χ2v) is 3.66. The standard InChI is InChI=1S/C12H13N3O3/c1-2-15-7-11(6-14-15)18-8-10-4-3-9(5-13-10)12(16)17/h3-7H,2,8H2,1H3,(H,16,17). The Labute approximate surface area is 104 Å². The number of rotatable bonds is 5. The molecule has 0 atom stereocenters. The maximum Gasteiger partial charge on any atom is 0.337 e. The number of aryl methyl sites for hydroxylation is 1. The maximum absolute atomic E-state index is 10.6. The number of ether oxygens (including phenoxy) is 1. The van der Waals surface area contributed by atoms with E-state index in [1.807, 2.05) is 6.92 Å². The molecule has 2 aromatic heterocycles. The van der Waals surface area contributed by atoms with Crippen LogP contribution in [0.15, 0.2) is 30.7 Å². The highest BCUT2D eigenvalue weighted by Gasteiger charge is 2.04. The minimum atomic E-state index is -0.987. The van der Waals surface area contributed by atoms with Crippen molar-refractivity contribution in [3.8, 4) is 5.75 Å². The molecule has 2 aromatic rings. The number of aromatic nitrogens is 3. The number of nitrogens with zero attached hydrogens (tertiary/aromatic N) is 3. The molecule has 0 aliphatic rings. The summed E-state index contributed by atoms with van der Waals surface area (Å²) in [6.07, 6.45) is 4.75. The zero-order valence-electron chi connectivity index (χ0n) is 9.91. The Morgan fingerprint density at radius 3 is 2.83 bits per heavy atom. The Kier molecular flexibility index (Phi) is 3.57. The molecule has 1 N–H and O–H groups in total. The second-order valence-electron chi connectivity index (χ2n) is 3.66. The van der Waals surface area contributed by atoms with Gasteiger partial charge in [0.15, 0.2) is 5.75 Å². The molecular weight excluding hydrogens is 234 g/mol. The van der Waals surface area contributed by atoms with Crippen LogP contribution < -0.4 is 4.74 Å². The van der Waals surface area contributed by atoms with Gasteiger partial charge in [0.1, 0.15) is 6.61 Å². The van der Waals surface area contributed by atoms with Gasteiger partial charge in [-0.05, 0) is 19.1 Å². The molecule has 18 heavy (non-hydrogen) atoms. The van der Waals surface area contributed by atoms with Crippen LogP contribution >= 0.6 is 0 Å². The molecule has 0 saturated carbocycles. The highest BCUT2D eigenvalue weighted by molar-refractivity contribution is 5.87. The molecule has 0 bridgehead atoms. The molecule has 0 fully saturated rings. The Bertz CT molecular complexity index is 534. The number of carbonyl (C=O) groups is 1. The van der Waals surface area contributed by atoms with Gasteiger partial charge in [0.2, 0.25) is 0 Å². The van der Waals surface area contributed by atoms with Gasteiger partial charge >= 0.3 is 5.97 Å². The molecule has 0 aliphatic heterocycles. The Morgan fingerprint density at radius 2 is 2.28 bits per heavy atom. The molecule has 6 nitrogen and oxygen atoms in total. The van der Waals surface area contributed by atoms with Gasteiger partial charge < -0.3 is 9.84 Å². The van der Waals surface area contributed by atoms with E-state index in [1.165, 1.54) is 12.3 Å². The summed E-state index contributed by atoms with van der Waals surface area (Å²) in [6, 6.07) is 3.14. The van der Waals surface area contributed by atoms with Crippen molar-refractivity contribution in [2.24, 2.45) is 0 Å². The normalized spacial score (nSPS) is 10.3. The van der Waals surface area contributed by atoms with Gasteiger partial charge in [-0.2, -0.15) is 5.10 Å². The summed E-state index contributed by atoms with van der Waals surface area (Å²) < 4.78 is 7.24. The lowest BCUT2D eigenvalue weighted by molar-refractivity contribution is 0.0696. The quantitative estimate of drug-likeness (QED) is 0.867. The van der Waals surface area contributed by atoms with Gasteiger partial charge in [-0.25, -0.2) is 4.79 Å². The molecule has 2 heterocycles. The highest BCUT2D eigenvalue weighted by atomic mass is 16.5. The van der Waals surface area contributed by atoms with Crippen molar-refractivity contribution in [1.82, 2.24) is 14.8 Å². The van der Waals surface area contributed by atoms with Crippen molar-refractivity contribution < 1.29 is 14.6 Å². The fourth-order valence-corrected chi connectivity index (χ4v) is 1.39. The number of carboxylic acid groups (broad SMARTS) is 1. The van der Waals surface area contributed by atoms with Gasteiger partial charge in [-0.3, -0.25) is 9.67 Å². The SMILES string of the molecule is CCn1cc(OCc2ccc(C(=O)O)cn2)cn1. The third kappa shape index (κ3) is 2.85.